The van der Waals surface area contributed by atoms with E-state index in [1.54, 1.807) is 17.0 Å². The fraction of sp³-hybridized carbons (Fsp3) is 0.467. The summed E-state index contributed by atoms with van der Waals surface area (Å²) in [6.07, 6.45) is 1.05. The Morgan fingerprint density at radius 3 is 2.65 bits per heavy atom. The van der Waals surface area contributed by atoms with Gasteiger partial charge in [0.2, 0.25) is 0 Å². The maximum absolute atomic E-state index is 12.4. The van der Waals surface area contributed by atoms with Gasteiger partial charge < -0.3 is 15.4 Å². The monoisotopic (exact) mass is 276 g/mol. The Hall–Kier alpha value is -1.88. The van der Waals surface area contributed by atoms with Gasteiger partial charge in [-0.05, 0) is 24.5 Å². The summed E-state index contributed by atoms with van der Waals surface area (Å²) in [5.74, 6) is -0.217. The molecule has 2 N–H and O–H groups in total. The molecule has 0 saturated carbocycles. The van der Waals surface area contributed by atoms with Crippen molar-refractivity contribution >= 4 is 11.9 Å². The number of benzene rings is 1. The van der Waals surface area contributed by atoms with Gasteiger partial charge >= 0.3 is 5.97 Å². The van der Waals surface area contributed by atoms with E-state index in [0.29, 0.717) is 25.1 Å². The van der Waals surface area contributed by atoms with E-state index in [0.717, 1.165) is 6.42 Å². The second-order valence-electron chi connectivity index (χ2n) is 5.22. The first-order chi connectivity index (χ1) is 9.60. The van der Waals surface area contributed by atoms with E-state index in [1.807, 2.05) is 18.2 Å². The molecule has 1 aliphatic heterocycles. The van der Waals surface area contributed by atoms with E-state index < -0.39 is 0 Å². The van der Waals surface area contributed by atoms with E-state index in [9.17, 15) is 9.59 Å². The van der Waals surface area contributed by atoms with Gasteiger partial charge in [-0.15, -0.1) is 0 Å². The van der Waals surface area contributed by atoms with Gasteiger partial charge in [0, 0.05) is 24.7 Å². The van der Waals surface area contributed by atoms with E-state index in [2.05, 4.69) is 4.74 Å². The third kappa shape index (κ3) is 3.57. The SMILES string of the molecule is COC(=O)CC1CC(N)CN(C(=O)c2ccccc2)C1. The van der Waals surface area contributed by atoms with Crippen LogP contribution in [0.15, 0.2) is 30.3 Å². The first-order valence-electron chi connectivity index (χ1n) is 6.77. The molecule has 5 nitrogen and oxygen atoms in total. The van der Waals surface area contributed by atoms with Crippen LogP contribution in [0.4, 0.5) is 0 Å². The van der Waals surface area contributed by atoms with Crippen LogP contribution in [0, 0.1) is 5.92 Å². The molecule has 2 rings (SSSR count). The zero-order valence-corrected chi connectivity index (χ0v) is 11.6. The highest BCUT2D eigenvalue weighted by atomic mass is 16.5. The Kier molecular flexibility index (Phi) is 4.74. The molecule has 1 heterocycles. The van der Waals surface area contributed by atoms with Crippen molar-refractivity contribution in [2.75, 3.05) is 20.2 Å². The average Bonchev–Trinajstić information content (AvgIpc) is 2.46. The van der Waals surface area contributed by atoms with Crippen molar-refractivity contribution in [1.82, 2.24) is 4.90 Å². The van der Waals surface area contributed by atoms with Crippen molar-refractivity contribution in [3.8, 4) is 0 Å². The molecular formula is C15H20N2O3. The van der Waals surface area contributed by atoms with Gasteiger partial charge in [0.1, 0.15) is 0 Å². The molecule has 1 fully saturated rings. The Morgan fingerprint density at radius 2 is 2.00 bits per heavy atom. The van der Waals surface area contributed by atoms with Crippen LogP contribution in [-0.2, 0) is 9.53 Å². The largest absolute Gasteiger partial charge is 0.469 e. The van der Waals surface area contributed by atoms with Crippen molar-refractivity contribution in [1.29, 1.82) is 0 Å². The van der Waals surface area contributed by atoms with Gasteiger partial charge in [0.05, 0.1) is 13.5 Å². The molecule has 0 aliphatic carbocycles. The van der Waals surface area contributed by atoms with Gasteiger partial charge in [-0.25, -0.2) is 0 Å². The first kappa shape index (κ1) is 14.5. The number of piperidine rings is 1. The number of likely N-dealkylation sites (tertiary alicyclic amines) is 1. The van der Waals surface area contributed by atoms with Gasteiger partial charge in [0.15, 0.2) is 0 Å². The standard InChI is InChI=1S/C15H20N2O3/c1-20-14(18)8-11-7-13(16)10-17(9-11)15(19)12-5-3-2-4-6-12/h2-6,11,13H,7-10,16H2,1H3. The van der Waals surface area contributed by atoms with E-state index in [-0.39, 0.29) is 23.8 Å². The summed E-state index contributed by atoms with van der Waals surface area (Å²) in [5.41, 5.74) is 6.65. The number of rotatable bonds is 3. The zero-order chi connectivity index (χ0) is 14.5. The molecule has 0 aromatic heterocycles. The van der Waals surface area contributed by atoms with Crippen LogP contribution in [0.5, 0.6) is 0 Å². The molecule has 1 amide bonds. The maximum atomic E-state index is 12.4. The van der Waals surface area contributed by atoms with Crippen molar-refractivity contribution in [2.45, 2.75) is 18.9 Å². The number of amides is 1. The van der Waals surface area contributed by atoms with Gasteiger partial charge in [-0.2, -0.15) is 0 Å². The number of nitrogens with zero attached hydrogens (tertiary/aromatic N) is 1. The molecule has 0 spiro atoms. The number of carbonyl (C=O) groups excluding carboxylic acids is 2. The zero-order valence-electron chi connectivity index (χ0n) is 11.6. The lowest BCUT2D eigenvalue weighted by Crippen LogP contribution is -2.49. The maximum Gasteiger partial charge on any atom is 0.305 e. The summed E-state index contributed by atoms with van der Waals surface area (Å²) in [5, 5.41) is 0. The van der Waals surface area contributed by atoms with Gasteiger partial charge in [-0.3, -0.25) is 9.59 Å². The highest BCUT2D eigenvalue weighted by Gasteiger charge is 2.30. The Morgan fingerprint density at radius 1 is 1.30 bits per heavy atom. The molecule has 2 unspecified atom stereocenters. The number of nitrogens with two attached hydrogens (primary N) is 1. The molecule has 5 heteroatoms. The molecule has 1 saturated heterocycles. The number of ether oxygens (including phenoxy) is 1. The van der Waals surface area contributed by atoms with Crippen molar-refractivity contribution in [3.63, 3.8) is 0 Å². The minimum atomic E-state index is -0.254. The molecule has 1 aromatic rings. The molecule has 2 atom stereocenters. The molecule has 0 bridgehead atoms. The van der Waals surface area contributed by atoms with Crippen LogP contribution >= 0.6 is 0 Å². The number of hydrogen-bond acceptors (Lipinski definition) is 4. The summed E-state index contributed by atoms with van der Waals surface area (Å²) in [4.78, 5) is 25.5. The van der Waals surface area contributed by atoms with Gasteiger partial charge in [-0.1, -0.05) is 18.2 Å². The third-order valence-electron chi connectivity index (χ3n) is 3.56. The summed E-state index contributed by atoms with van der Waals surface area (Å²) < 4.78 is 4.69. The Bertz CT molecular complexity index is 475. The highest BCUT2D eigenvalue weighted by Crippen LogP contribution is 2.21. The third-order valence-corrected chi connectivity index (χ3v) is 3.56. The second kappa shape index (κ2) is 6.52. The van der Waals surface area contributed by atoms with Crippen LogP contribution in [0.3, 0.4) is 0 Å². The molecule has 1 aromatic carbocycles. The second-order valence-corrected chi connectivity index (χ2v) is 5.22. The lowest BCUT2D eigenvalue weighted by Gasteiger charge is -2.36. The number of hydrogen-bond donors (Lipinski definition) is 1. The van der Waals surface area contributed by atoms with E-state index in [1.165, 1.54) is 7.11 Å². The molecule has 0 radical (unpaired) electrons. The summed E-state index contributed by atoms with van der Waals surface area (Å²) >= 11 is 0. The van der Waals surface area contributed by atoms with Crippen LogP contribution in [-0.4, -0.2) is 43.0 Å². The fourth-order valence-electron chi connectivity index (χ4n) is 2.64. The molecular weight excluding hydrogens is 256 g/mol. The van der Waals surface area contributed by atoms with Gasteiger partial charge in [0.25, 0.3) is 5.91 Å². The van der Waals surface area contributed by atoms with E-state index in [4.69, 9.17) is 5.73 Å². The molecule has 108 valence electrons. The predicted octanol–water partition coefficient (Wildman–Crippen LogP) is 1.04. The average molecular weight is 276 g/mol. The Labute approximate surface area is 118 Å². The Balaban J connectivity index is 2.04. The first-order valence-corrected chi connectivity index (χ1v) is 6.77. The van der Waals surface area contributed by atoms with Crippen molar-refractivity contribution < 1.29 is 14.3 Å². The van der Waals surface area contributed by atoms with Crippen molar-refractivity contribution in [3.05, 3.63) is 35.9 Å². The predicted molar refractivity (Wildman–Crippen MR) is 75.1 cm³/mol. The van der Waals surface area contributed by atoms with Crippen LogP contribution in [0.2, 0.25) is 0 Å². The van der Waals surface area contributed by atoms with E-state index >= 15 is 0 Å². The summed E-state index contributed by atoms with van der Waals surface area (Å²) in [7, 11) is 1.37. The molecule has 20 heavy (non-hydrogen) atoms. The van der Waals surface area contributed by atoms with Crippen LogP contribution in [0.1, 0.15) is 23.2 Å². The fourth-order valence-corrected chi connectivity index (χ4v) is 2.64. The smallest absolute Gasteiger partial charge is 0.305 e. The number of carbonyl (C=O) groups is 2. The van der Waals surface area contributed by atoms with Crippen LogP contribution in [0.25, 0.3) is 0 Å². The minimum Gasteiger partial charge on any atom is -0.469 e. The summed E-state index contributed by atoms with van der Waals surface area (Å²) in [6, 6.07) is 9.03. The highest BCUT2D eigenvalue weighted by molar-refractivity contribution is 5.94. The van der Waals surface area contributed by atoms with Crippen LogP contribution < -0.4 is 5.73 Å². The normalized spacial score (nSPS) is 22.4. The van der Waals surface area contributed by atoms with Crippen molar-refractivity contribution in [2.24, 2.45) is 11.7 Å². The molecule has 1 aliphatic rings. The number of methoxy groups -OCH3 is 1. The number of esters is 1. The summed E-state index contributed by atoms with van der Waals surface area (Å²) in [6.45, 7) is 1.09. The topological polar surface area (TPSA) is 72.6 Å². The quantitative estimate of drug-likeness (QED) is 0.837. The lowest BCUT2D eigenvalue weighted by atomic mass is 9.91. The lowest BCUT2D eigenvalue weighted by molar-refractivity contribution is -0.142. The minimum absolute atomic E-state index is 0.0318.